The summed E-state index contributed by atoms with van der Waals surface area (Å²) in [5.41, 5.74) is 1.44. The van der Waals surface area contributed by atoms with E-state index in [0.717, 1.165) is 5.56 Å². The van der Waals surface area contributed by atoms with Gasteiger partial charge in [0.25, 0.3) is 5.89 Å². The van der Waals surface area contributed by atoms with E-state index < -0.39 is 0 Å². The van der Waals surface area contributed by atoms with Gasteiger partial charge in [0.2, 0.25) is 11.6 Å². The van der Waals surface area contributed by atoms with Crippen molar-refractivity contribution in [3.63, 3.8) is 0 Å². The highest BCUT2D eigenvalue weighted by molar-refractivity contribution is 5.59. The fourth-order valence-corrected chi connectivity index (χ4v) is 1.59. The average molecular weight is 254 g/mol. The Morgan fingerprint density at radius 2 is 1.89 bits per heavy atom. The minimum Gasteiger partial charge on any atom is -0.508 e. The predicted octanol–water partition coefficient (Wildman–Crippen LogP) is 2.21. The lowest BCUT2D eigenvalue weighted by Crippen LogP contribution is -1.88. The van der Waals surface area contributed by atoms with Gasteiger partial charge in [0, 0.05) is 18.0 Å². The molecule has 0 radical (unpaired) electrons. The van der Waals surface area contributed by atoms with Crippen LogP contribution in [-0.2, 0) is 0 Å². The first kappa shape index (κ1) is 11.3. The molecule has 1 N–H and O–H groups in total. The number of aryl methyl sites for hydroxylation is 1. The first-order valence-electron chi connectivity index (χ1n) is 5.65. The van der Waals surface area contributed by atoms with Crippen molar-refractivity contribution in [2.24, 2.45) is 0 Å². The van der Waals surface area contributed by atoms with Crippen LogP contribution in [0.15, 0.2) is 41.2 Å². The lowest BCUT2D eigenvalue weighted by atomic mass is 10.1. The molecular weight excluding hydrogens is 244 g/mol. The maximum absolute atomic E-state index is 9.67. The molecule has 19 heavy (non-hydrogen) atoms. The number of aromatic nitrogens is 4. The van der Waals surface area contributed by atoms with Crippen molar-refractivity contribution in [1.82, 2.24) is 20.1 Å². The fraction of sp³-hybridized carbons (Fsp3) is 0.0769. The molecule has 0 unspecified atom stereocenters. The summed E-state index contributed by atoms with van der Waals surface area (Å²) in [6, 6.07) is 6.88. The highest BCUT2D eigenvalue weighted by Gasteiger charge is 2.13. The zero-order valence-electron chi connectivity index (χ0n) is 10.1. The molecule has 0 saturated carbocycles. The summed E-state index contributed by atoms with van der Waals surface area (Å²) in [7, 11) is 0. The minimum atomic E-state index is 0.188. The predicted molar refractivity (Wildman–Crippen MR) is 67.2 cm³/mol. The molecule has 1 aromatic carbocycles. The summed E-state index contributed by atoms with van der Waals surface area (Å²) in [5, 5.41) is 13.5. The van der Waals surface area contributed by atoms with Gasteiger partial charge in [0.15, 0.2) is 0 Å². The van der Waals surface area contributed by atoms with Gasteiger partial charge >= 0.3 is 0 Å². The number of hydrogen-bond acceptors (Lipinski definition) is 6. The third kappa shape index (κ3) is 2.15. The molecule has 0 aliphatic rings. The summed E-state index contributed by atoms with van der Waals surface area (Å²) in [5.74, 6) is 1.22. The Morgan fingerprint density at radius 1 is 1.11 bits per heavy atom. The van der Waals surface area contributed by atoms with E-state index in [0.29, 0.717) is 23.1 Å². The number of nitrogens with zero attached hydrogens (tertiary/aromatic N) is 4. The maximum atomic E-state index is 9.67. The molecule has 6 nitrogen and oxygen atoms in total. The van der Waals surface area contributed by atoms with Gasteiger partial charge in [-0.3, -0.25) is 0 Å². The van der Waals surface area contributed by atoms with Crippen LogP contribution >= 0.6 is 0 Å². The average Bonchev–Trinajstić information content (AvgIpc) is 2.93. The van der Waals surface area contributed by atoms with Crippen molar-refractivity contribution in [3.8, 4) is 28.9 Å². The van der Waals surface area contributed by atoms with Crippen LogP contribution < -0.4 is 0 Å². The van der Waals surface area contributed by atoms with Crippen molar-refractivity contribution in [3.05, 3.63) is 42.2 Å². The van der Waals surface area contributed by atoms with Crippen LogP contribution in [0.3, 0.4) is 0 Å². The minimum absolute atomic E-state index is 0.188. The highest BCUT2D eigenvalue weighted by Crippen LogP contribution is 2.25. The molecule has 94 valence electrons. The second-order valence-electron chi connectivity index (χ2n) is 4.00. The van der Waals surface area contributed by atoms with E-state index >= 15 is 0 Å². The molecule has 0 aliphatic heterocycles. The first-order valence-corrected chi connectivity index (χ1v) is 5.65. The molecule has 0 spiro atoms. The van der Waals surface area contributed by atoms with Crippen LogP contribution in [-0.4, -0.2) is 25.2 Å². The van der Waals surface area contributed by atoms with Crippen molar-refractivity contribution in [2.45, 2.75) is 6.92 Å². The van der Waals surface area contributed by atoms with Gasteiger partial charge in [-0.25, -0.2) is 9.97 Å². The second-order valence-corrected chi connectivity index (χ2v) is 4.00. The normalized spacial score (nSPS) is 10.6. The zero-order chi connectivity index (χ0) is 13.2. The summed E-state index contributed by atoms with van der Waals surface area (Å²) < 4.78 is 5.15. The molecule has 0 aliphatic carbocycles. The Kier molecular flexibility index (Phi) is 2.68. The van der Waals surface area contributed by atoms with Gasteiger partial charge in [0.1, 0.15) is 5.75 Å². The summed E-state index contributed by atoms with van der Waals surface area (Å²) in [4.78, 5) is 12.3. The largest absolute Gasteiger partial charge is 0.508 e. The SMILES string of the molecule is Cc1ccc(-c2nc(-c3ncccn3)no2)cc1O. The van der Waals surface area contributed by atoms with Gasteiger partial charge in [-0.2, -0.15) is 4.98 Å². The standard InChI is InChI=1S/C13H10N4O2/c1-8-3-4-9(7-10(8)18)13-16-12(17-19-13)11-14-5-2-6-15-11/h2-7,18H,1H3. The Morgan fingerprint density at radius 3 is 2.63 bits per heavy atom. The Bertz CT molecular complexity index is 710. The third-order valence-electron chi connectivity index (χ3n) is 2.65. The van der Waals surface area contributed by atoms with Crippen molar-refractivity contribution >= 4 is 0 Å². The number of hydrogen-bond donors (Lipinski definition) is 1. The Labute approximate surface area is 108 Å². The van der Waals surface area contributed by atoms with Crippen LogP contribution in [0.1, 0.15) is 5.56 Å². The number of phenols is 1. The lowest BCUT2D eigenvalue weighted by molar-refractivity contribution is 0.431. The van der Waals surface area contributed by atoms with E-state index in [-0.39, 0.29) is 5.75 Å². The van der Waals surface area contributed by atoms with Crippen LogP contribution in [0.2, 0.25) is 0 Å². The molecule has 0 saturated heterocycles. The second kappa shape index (κ2) is 4.49. The first-order chi connectivity index (χ1) is 9.24. The van der Waals surface area contributed by atoms with Crippen molar-refractivity contribution < 1.29 is 9.63 Å². The molecule has 0 atom stereocenters. The van der Waals surface area contributed by atoms with E-state index in [1.165, 1.54) is 0 Å². The van der Waals surface area contributed by atoms with Crippen molar-refractivity contribution in [2.75, 3.05) is 0 Å². The number of aromatic hydroxyl groups is 1. The smallest absolute Gasteiger partial charge is 0.258 e. The number of benzene rings is 1. The number of rotatable bonds is 2. The molecule has 2 aromatic heterocycles. The van der Waals surface area contributed by atoms with Gasteiger partial charge in [-0.05, 0) is 30.7 Å². The van der Waals surface area contributed by atoms with E-state index in [4.69, 9.17) is 4.52 Å². The van der Waals surface area contributed by atoms with Gasteiger partial charge in [-0.1, -0.05) is 11.2 Å². The summed E-state index contributed by atoms with van der Waals surface area (Å²) in [6.45, 7) is 1.82. The molecule has 6 heteroatoms. The Balaban J connectivity index is 1.99. The van der Waals surface area contributed by atoms with Crippen LogP contribution in [0, 0.1) is 6.92 Å². The fourth-order valence-electron chi connectivity index (χ4n) is 1.59. The van der Waals surface area contributed by atoms with E-state index in [9.17, 15) is 5.11 Å². The molecule has 0 fully saturated rings. The monoisotopic (exact) mass is 254 g/mol. The molecular formula is C13H10N4O2. The molecule has 0 amide bonds. The molecule has 3 aromatic rings. The Hall–Kier alpha value is -2.76. The molecule has 2 heterocycles. The van der Waals surface area contributed by atoms with Gasteiger partial charge in [0.05, 0.1) is 0 Å². The van der Waals surface area contributed by atoms with Crippen molar-refractivity contribution in [1.29, 1.82) is 0 Å². The lowest BCUT2D eigenvalue weighted by Gasteiger charge is -1.99. The van der Waals surface area contributed by atoms with Crippen LogP contribution in [0.25, 0.3) is 23.1 Å². The van der Waals surface area contributed by atoms with E-state index in [1.807, 2.05) is 6.92 Å². The van der Waals surface area contributed by atoms with Gasteiger partial charge < -0.3 is 9.63 Å². The maximum Gasteiger partial charge on any atom is 0.258 e. The number of phenolic OH excluding ortho intramolecular Hbond substituents is 1. The van der Waals surface area contributed by atoms with Crippen LogP contribution in [0.4, 0.5) is 0 Å². The summed E-state index contributed by atoms with van der Waals surface area (Å²) >= 11 is 0. The quantitative estimate of drug-likeness (QED) is 0.754. The third-order valence-corrected chi connectivity index (χ3v) is 2.65. The van der Waals surface area contributed by atoms with Gasteiger partial charge in [-0.15, -0.1) is 0 Å². The van der Waals surface area contributed by atoms with Crippen LogP contribution in [0.5, 0.6) is 5.75 Å². The molecule has 0 bridgehead atoms. The summed E-state index contributed by atoms with van der Waals surface area (Å²) in [6.07, 6.45) is 3.21. The zero-order valence-corrected chi connectivity index (χ0v) is 10.1. The topological polar surface area (TPSA) is 84.9 Å². The highest BCUT2D eigenvalue weighted by atomic mass is 16.5. The van der Waals surface area contributed by atoms with E-state index in [1.54, 1.807) is 36.7 Å². The molecule has 3 rings (SSSR count). The van der Waals surface area contributed by atoms with E-state index in [2.05, 4.69) is 20.1 Å².